The van der Waals surface area contributed by atoms with E-state index in [1.165, 1.54) is 18.2 Å². The maximum atomic E-state index is 12.9. The lowest BCUT2D eigenvalue weighted by Gasteiger charge is -2.17. The Morgan fingerprint density at radius 3 is 2.58 bits per heavy atom. The number of ether oxygens (including phenoxy) is 1. The number of nitrogens with one attached hydrogen (secondary N) is 1. The fraction of sp³-hybridized carbons (Fsp3) is 0.375. The van der Waals surface area contributed by atoms with Crippen molar-refractivity contribution < 1.29 is 27.1 Å². The zero-order valence-electron chi connectivity index (χ0n) is 13.4. The third kappa shape index (κ3) is 4.27. The fourth-order valence-electron chi connectivity index (χ4n) is 2.11. The van der Waals surface area contributed by atoms with Crippen LogP contribution in [-0.2, 0) is 6.18 Å². The summed E-state index contributed by atoms with van der Waals surface area (Å²) in [6.45, 7) is 4.74. The summed E-state index contributed by atoms with van der Waals surface area (Å²) in [5.41, 5.74) is -0.411. The molecule has 1 unspecified atom stereocenters. The van der Waals surface area contributed by atoms with E-state index in [0.29, 0.717) is 11.6 Å². The predicted octanol–water partition coefficient (Wildman–Crippen LogP) is 3.51. The minimum absolute atomic E-state index is 0.0787. The monoisotopic (exact) mass is 342 g/mol. The van der Waals surface area contributed by atoms with E-state index >= 15 is 0 Å². The average Bonchev–Trinajstić information content (AvgIpc) is 2.83. The summed E-state index contributed by atoms with van der Waals surface area (Å²) in [4.78, 5) is 16.0. The van der Waals surface area contributed by atoms with Gasteiger partial charge in [-0.1, -0.05) is 12.1 Å². The molecule has 0 radical (unpaired) electrons. The molecule has 0 saturated carbocycles. The first-order valence-electron chi connectivity index (χ1n) is 7.22. The number of oxazole rings is 1. The second-order valence-electron chi connectivity index (χ2n) is 5.33. The van der Waals surface area contributed by atoms with Gasteiger partial charge < -0.3 is 14.5 Å². The summed E-state index contributed by atoms with van der Waals surface area (Å²) >= 11 is 0. The lowest BCUT2D eigenvalue weighted by Crippen LogP contribution is -2.37. The second-order valence-corrected chi connectivity index (χ2v) is 5.33. The molecular formula is C16H17F3N2O3. The van der Waals surface area contributed by atoms with Gasteiger partial charge in [0.1, 0.15) is 12.4 Å². The van der Waals surface area contributed by atoms with E-state index in [0.717, 1.165) is 6.07 Å². The van der Waals surface area contributed by atoms with E-state index in [9.17, 15) is 18.0 Å². The van der Waals surface area contributed by atoms with Crippen molar-refractivity contribution in [3.05, 3.63) is 47.2 Å². The second kappa shape index (κ2) is 6.94. The van der Waals surface area contributed by atoms with Crippen molar-refractivity contribution in [1.82, 2.24) is 10.3 Å². The molecule has 2 rings (SSSR count). The van der Waals surface area contributed by atoms with Gasteiger partial charge in [0, 0.05) is 6.92 Å². The molecule has 24 heavy (non-hydrogen) atoms. The van der Waals surface area contributed by atoms with Gasteiger partial charge in [0.25, 0.3) is 5.91 Å². The molecule has 0 saturated heterocycles. The molecule has 0 spiro atoms. The van der Waals surface area contributed by atoms with Crippen LogP contribution >= 0.6 is 0 Å². The number of rotatable bonds is 5. The number of nitrogens with zero attached hydrogens (tertiary/aromatic N) is 1. The van der Waals surface area contributed by atoms with Crippen molar-refractivity contribution in [3.63, 3.8) is 0 Å². The van der Waals surface area contributed by atoms with Crippen molar-refractivity contribution in [3.8, 4) is 5.75 Å². The third-order valence-corrected chi connectivity index (χ3v) is 3.17. The fourth-order valence-corrected chi connectivity index (χ4v) is 2.11. The summed E-state index contributed by atoms with van der Waals surface area (Å²) in [5, 5.41) is 2.60. The maximum absolute atomic E-state index is 12.9. The van der Waals surface area contributed by atoms with Crippen LogP contribution in [0, 0.1) is 13.8 Å². The number of hydrogen-bond donors (Lipinski definition) is 1. The molecule has 0 bridgehead atoms. The smallest absolute Gasteiger partial charge is 0.419 e. The van der Waals surface area contributed by atoms with Crippen LogP contribution < -0.4 is 10.1 Å². The molecule has 1 amide bonds. The van der Waals surface area contributed by atoms with Crippen LogP contribution in [0.2, 0.25) is 0 Å². The van der Waals surface area contributed by atoms with Crippen LogP contribution in [0.1, 0.15) is 34.6 Å². The molecular weight excluding hydrogens is 325 g/mol. The van der Waals surface area contributed by atoms with Crippen LogP contribution in [0.25, 0.3) is 0 Å². The molecule has 8 heteroatoms. The number of aryl methyl sites for hydroxylation is 2. The SMILES string of the molecule is Cc1nc(C)c(C(=O)NC(C)COc2ccccc2C(F)(F)F)o1. The van der Waals surface area contributed by atoms with Gasteiger partial charge in [-0.2, -0.15) is 13.2 Å². The Labute approximate surface area is 136 Å². The van der Waals surface area contributed by atoms with E-state index in [-0.39, 0.29) is 18.1 Å². The van der Waals surface area contributed by atoms with Crippen LogP contribution in [0.4, 0.5) is 13.2 Å². The largest absolute Gasteiger partial charge is 0.491 e. The maximum Gasteiger partial charge on any atom is 0.419 e. The number of benzene rings is 1. The van der Waals surface area contributed by atoms with Crippen molar-refractivity contribution in [1.29, 1.82) is 0 Å². The van der Waals surface area contributed by atoms with Crippen molar-refractivity contribution in [2.24, 2.45) is 0 Å². The van der Waals surface area contributed by atoms with Crippen LogP contribution in [-0.4, -0.2) is 23.5 Å². The highest BCUT2D eigenvalue weighted by Gasteiger charge is 2.34. The van der Waals surface area contributed by atoms with Gasteiger partial charge in [0.15, 0.2) is 5.89 Å². The molecule has 130 valence electrons. The summed E-state index contributed by atoms with van der Waals surface area (Å²) in [6, 6.07) is 4.40. The normalized spacial score (nSPS) is 12.8. The van der Waals surface area contributed by atoms with E-state index < -0.39 is 23.7 Å². The third-order valence-electron chi connectivity index (χ3n) is 3.17. The van der Waals surface area contributed by atoms with Gasteiger partial charge in [0.05, 0.1) is 17.3 Å². The molecule has 1 aromatic carbocycles. The van der Waals surface area contributed by atoms with Gasteiger partial charge >= 0.3 is 6.18 Å². The minimum Gasteiger partial charge on any atom is -0.491 e. The molecule has 0 aliphatic carbocycles. The van der Waals surface area contributed by atoms with Crippen molar-refractivity contribution in [2.45, 2.75) is 33.0 Å². The van der Waals surface area contributed by atoms with E-state index in [2.05, 4.69) is 10.3 Å². The number of para-hydroxylation sites is 1. The number of amides is 1. The first kappa shape index (κ1) is 17.8. The summed E-state index contributed by atoms with van der Waals surface area (Å²) in [7, 11) is 0. The molecule has 5 nitrogen and oxygen atoms in total. The van der Waals surface area contributed by atoms with Gasteiger partial charge in [-0.3, -0.25) is 4.79 Å². The molecule has 0 fully saturated rings. The predicted molar refractivity (Wildman–Crippen MR) is 79.8 cm³/mol. The molecule has 2 aromatic rings. The number of halogens is 3. The summed E-state index contributed by atoms with van der Waals surface area (Å²) < 4.78 is 49.1. The highest BCUT2D eigenvalue weighted by atomic mass is 19.4. The Bertz CT molecular complexity index is 726. The Morgan fingerprint density at radius 1 is 1.33 bits per heavy atom. The van der Waals surface area contributed by atoms with Crippen molar-refractivity contribution in [2.75, 3.05) is 6.61 Å². The number of alkyl halides is 3. The molecule has 1 N–H and O–H groups in total. The Balaban J connectivity index is 1.98. The molecule has 0 aliphatic rings. The first-order chi connectivity index (χ1) is 11.2. The Morgan fingerprint density at radius 2 is 2.00 bits per heavy atom. The highest BCUT2D eigenvalue weighted by Crippen LogP contribution is 2.35. The molecule has 1 aromatic heterocycles. The standard InChI is InChI=1S/C16H17F3N2O3/c1-9(20-15(22)14-10(2)21-11(3)24-14)8-23-13-7-5-4-6-12(13)16(17,18)19/h4-7,9H,8H2,1-3H3,(H,20,22). The highest BCUT2D eigenvalue weighted by molar-refractivity contribution is 5.92. The van der Waals surface area contributed by atoms with E-state index in [1.807, 2.05) is 0 Å². The van der Waals surface area contributed by atoms with Crippen molar-refractivity contribution >= 4 is 5.91 Å². The quantitative estimate of drug-likeness (QED) is 0.903. The number of carbonyl (C=O) groups is 1. The first-order valence-corrected chi connectivity index (χ1v) is 7.22. The summed E-state index contributed by atoms with van der Waals surface area (Å²) in [5.74, 6) is -0.332. The van der Waals surface area contributed by atoms with Gasteiger partial charge in [-0.05, 0) is 26.0 Å². The van der Waals surface area contributed by atoms with Crippen LogP contribution in [0.5, 0.6) is 5.75 Å². The van der Waals surface area contributed by atoms with Gasteiger partial charge in [-0.15, -0.1) is 0 Å². The topological polar surface area (TPSA) is 64.4 Å². The van der Waals surface area contributed by atoms with Gasteiger partial charge in [-0.25, -0.2) is 4.98 Å². The lowest BCUT2D eigenvalue weighted by molar-refractivity contribution is -0.139. The minimum atomic E-state index is -4.50. The van der Waals surface area contributed by atoms with E-state index in [1.54, 1.807) is 20.8 Å². The zero-order chi connectivity index (χ0) is 17.9. The average molecular weight is 342 g/mol. The Hall–Kier alpha value is -2.51. The van der Waals surface area contributed by atoms with Crippen LogP contribution in [0.15, 0.2) is 28.7 Å². The van der Waals surface area contributed by atoms with Gasteiger partial charge in [0.2, 0.25) is 5.76 Å². The number of aromatic nitrogens is 1. The van der Waals surface area contributed by atoms with E-state index in [4.69, 9.17) is 9.15 Å². The van der Waals surface area contributed by atoms with Crippen LogP contribution in [0.3, 0.4) is 0 Å². The molecule has 1 atom stereocenters. The lowest BCUT2D eigenvalue weighted by atomic mass is 10.2. The zero-order valence-corrected chi connectivity index (χ0v) is 13.4. The molecule has 0 aliphatic heterocycles. The number of carbonyl (C=O) groups excluding carboxylic acids is 1. The molecule has 1 heterocycles. The Kier molecular flexibility index (Phi) is 5.16. The summed E-state index contributed by atoms with van der Waals surface area (Å²) in [6.07, 6.45) is -4.50. The number of hydrogen-bond acceptors (Lipinski definition) is 4.